The van der Waals surface area contributed by atoms with Crippen molar-refractivity contribution < 1.29 is 0 Å². The van der Waals surface area contributed by atoms with Gasteiger partial charge in [0.15, 0.2) is 11.6 Å². The van der Waals surface area contributed by atoms with Gasteiger partial charge in [0.2, 0.25) is 0 Å². The Bertz CT molecular complexity index is 3630. The molecule has 0 N–H and O–H groups in total. The van der Waals surface area contributed by atoms with Gasteiger partial charge in [0.1, 0.15) is 0 Å². The third kappa shape index (κ3) is 6.40. The SMILES string of the molecule is c1ccc(-c2nnc(-c3ccc(-c4ccccc4-c4ccccc4-c4ccc5c(c4)c4ccccc4n5-c4ccccc4)cc3)n2-c2ccc(-c3cccc4ccccc34)cc2)cc1. The molecule has 10 aromatic carbocycles. The molecule has 2 aromatic heterocycles. The van der Waals surface area contributed by atoms with Crippen LogP contribution in [0.4, 0.5) is 0 Å². The molecule has 0 radical (unpaired) electrons. The molecule has 12 rings (SSSR count). The van der Waals surface area contributed by atoms with Gasteiger partial charge in [-0.15, -0.1) is 10.2 Å². The minimum absolute atomic E-state index is 0.783. The topological polar surface area (TPSA) is 35.6 Å². The fraction of sp³-hybridized carbons (Fsp3) is 0. The number of nitrogens with zero attached hydrogens (tertiary/aromatic N) is 4. The quantitative estimate of drug-likeness (QED) is 0.153. The highest BCUT2D eigenvalue weighted by Gasteiger charge is 2.20. The Kier molecular flexibility index (Phi) is 9.12. The lowest BCUT2D eigenvalue weighted by Gasteiger charge is -2.16. The molecule has 2 heterocycles. The van der Waals surface area contributed by atoms with Gasteiger partial charge in [-0.3, -0.25) is 4.57 Å². The second-order valence-corrected chi connectivity index (χ2v) is 16.2. The van der Waals surface area contributed by atoms with Crippen LogP contribution in [0.15, 0.2) is 243 Å². The highest BCUT2D eigenvalue weighted by molar-refractivity contribution is 6.11. The van der Waals surface area contributed by atoms with Crippen molar-refractivity contribution >= 4 is 32.6 Å². The first-order valence-electron chi connectivity index (χ1n) is 21.7. The van der Waals surface area contributed by atoms with E-state index in [-0.39, 0.29) is 0 Å². The predicted octanol–water partition coefficient (Wildman–Crippen LogP) is 15.5. The van der Waals surface area contributed by atoms with E-state index >= 15 is 0 Å². The minimum Gasteiger partial charge on any atom is -0.309 e. The fourth-order valence-corrected chi connectivity index (χ4v) is 9.49. The van der Waals surface area contributed by atoms with E-state index in [9.17, 15) is 0 Å². The predicted molar refractivity (Wildman–Crippen MR) is 266 cm³/mol. The average molecular weight is 817 g/mol. The van der Waals surface area contributed by atoms with Gasteiger partial charge in [0.05, 0.1) is 11.0 Å². The first-order chi connectivity index (χ1) is 31.8. The smallest absolute Gasteiger partial charge is 0.168 e. The van der Waals surface area contributed by atoms with Crippen molar-refractivity contribution in [2.24, 2.45) is 0 Å². The Balaban J connectivity index is 0.922. The number of hydrogen-bond donors (Lipinski definition) is 0. The maximum Gasteiger partial charge on any atom is 0.168 e. The minimum atomic E-state index is 0.783. The Labute approximate surface area is 371 Å². The van der Waals surface area contributed by atoms with Crippen LogP contribution >= 0.6 is 0 Å². The summed E-state index contributed by atoms with van der Waals surface area (Å²) >= 11 is 0. The summed E-state index contributed by atoms with van der Waals surface area (Å²) in [6.07, 6.45) is 0. The monoisotopic (exact) mass is 816 g/mol. The fourth-order valence-electron chi connectivity index (χ4n) is 9.49. The van der Waals surface area contributed by atoms with Crippen LogP contribution in [0.5, 0.6) is 0 Å². The molecule has 0 saturated carbocycles. The third-order valence-corrected chi connectivity index (χ3v) is 12.5. The Morgan fingerprint density at radius 1 is 0.250 bits per heavy atom. The Morgan fingerprint density at radius 2 is 0.703 bits per heavy atom. The number of hydrogen-bond acceptors (Lipinski definition) is 2. The van der Waals surface area contributed by atoms with Gasteiger partial charge in [0, 0.05) is 33.3 Å². The number of rotatable bonds is 8. The first-order valence-corrected chi connectivity index (χ1v) is 21.7. The molecule has 4 nitrogen and oxygen atoms in total. The maximum absolute atomic E-state index is 4.84. The second-order valence-electron chi connectivity index (χ2n) is 16.2. The first kappa shape index (κ1) is 37.2. The van der Waals surface area contributed by atoms with Crippen molar-refractivity contribution in [1.82, 2.24) is 19.3 Å². The molecule has 0 aliphatic rings. The summed E-state index contributed by atoms with van der Waals surface area (Å²) in [4.78, 5) is 0. The molecule has 0 bridgehead atoms. The Hall–Kier alpha value is -8.60. The van der Waals surface area contributed by atoms with Gasteiger partial charge in [-0.1, -0.05) is 200 Å². The zero-order valence-electron chi connectivity index (χ0n) is 34.9. The molecule has 0 fully saturated rings. The molecular weight excluding hydrogens is 777 g/mol. The van der Waals surface area contributed by atoms with Crippen molar-refractivity contribution in [2.75, 3.05) is 0 Å². The molecule has 4 heteroatoms. The normalized spacial score (nSPS) is 11.4. The lowest BCUT2D eigenvalue weighted by Crippen LogP contribution is -2.00. The van der Waals surface area contributed by atoms with Crippen LogP contribution in [0.25, 0.3) is 111 Å². The molecule has 0 atom stereocenters. The van der Waals surface area contributed by atoms with E-state index < -0.39 is 0 Å². The van der Waals surface area contributed by atoms with Crippen LogP contribution in [-0.2, 0) is 0 Å². The standard InChI is InChI=1S/C60H40N4/c1-3-17-44(18-4-1)59-61-62-60(64(59)48-37-34-43(35-38-48)50-28-15-19-41-16-7-8-22-49(41)50)45-32-30-42(31-33-45)51-23-9-11-25-53(51)54-26-12-10-24-52(54)46-36-39-58-56(40-46)55-27-13-14-29-57(55)63(58)47-20-5-2-6-21-47/h1-40H. The summed E-state index contributed by atoms with van der Waals surface area (Å²) in [5, 5.41) is 14.6. The lowest BCUT2D eigenvalue weighted by molar-refractivity contribution is 1.07. The summed E-state index contributed by atoms with van der Waals surface area (Å²) in [5.41, 5.74) is 15.9. The number of fused-ring (bicyclic) bond motifs is 4. The molecule has 300 valence electrons. The summed E-state index contributed by atoms with van der Waals surface area (Å²) in [6.45, 7) is 0. The summed E-state index contributed by atoms with van der Waals surface area (Å²) in [6, 6.07) is 86.7. The van der Waals surface area contributed by atoms with E-state index in [1.54, 1.807) is 0 Å². The van der Waals surface area contributed by atoms with E-state index in [4.69, 9.17) is 10.2 Å². The van der Waals surface area contributed by atoms with Crippen LogP contribution in [-0.4, -0.2) is 19.3 Å². The molecule has 0 unspecified atom stereocenters. The molecule has 0 aliphatic heterocycles. The molecule has 64 heavy (non-hydrogen) atoms. The Morgan fingerprint density at radius 3 is 1.42 bits per heavy atom. The third-order valence-electron chi connectivity index (χ3n) is 12.5. The van der Waals surface area contributed by atoms with E-state index in [1.807, 2.05) is 18.2 Å². The van der Waals surface area contributed by atoms with E-state index in [1.165, 1.54) is 66.0 Å². The van der Waals surface area contributed by atoms with E-state index in [2.05, 4.69) is 234 Å². The highest BCUT2D eigenvalue weighted by Crippen LogP contribution is 2.41. The van der Waals surface area contributed by atoms with Crippen LogP contribution in [0.3, 0.4) is 0 Å². The molecule has 0 aliphatic carbocycles. The average Bonchev–Trinajstić information content (AvgIpc) is 3.97. The number of para-hydroxylation sites is 2. The van der Waals surface area contributed by atoms with Gasteiger partial charge in [0.25, 0.3) is 0 Å². The molecule has 0 saturated heterocycles. The van der Waals surface area contributed by atoms with Crippen molar-refractivity contribution in [3.63, 3.8) is 0 Å². The van der Waals surface area contributed by atoms with Gasteiger partial charge in [-0.2, -0.15) is 0 Å². The van der Waals surface area contributed by atoms with Crippen molar-refractivity contribution in [3.05, 3.63) is 243 Å². The maximum atomic E-state index is 4.84. The highest BCUT2D eigenvalue weighted by atomic mass is 15.3. The second kappa shape index (κ2) is 15.7. The molecular formula is C60H40N4. The molecule has 0 spiro atoms. The van der Waals surface area contributed by atoms with Gasteiger partial charge >= 0.3 is 0 Å². The van der Waals surface area contributed by atoms with Crippen LogP contribution < -0.4 is 0 Å². The summed E-state index contributed by atoms with van der Waals surface area (Å²) in [7, 11) is 0. The van der Waals surface area contributed by atoms with E-state index in [0.29, 0.717) is 0 Å². The lowest BCUT2D eigenvalue weighted by atomic mass is 9.89. The zero-order valence-corrected chi connectivity index (χ0v) is 34.9. The van der Waals surface area contributed by atoms with Crippen LogP contribution in [0, 0.1) is 0 Å². The van der Waals surface area contributed by atoms with Gasteiger partial charge in [-0.25, -0.2) is 0 Å². The largest absolute Gasteiger partial charge is 0.309 e. The van der Waals surface area contributed by atoms with Crippen molar-refractivity contribution in [1.29, 1.82) is 0 Å². The number of benzene rings is 10. The molecule has 0 amide bonds. The summed E-state index contributed by atoms with van der Waals surface area (Å²) in [5.74, 6) is 1.58. The zero-order chi connectivity index (χ0) is 42.4. The molecule has 12 aromatic rings. The van der Waals surface area contributed by atoms with Crippen molar-refractivity contribution in [3.8, 4) is 78.7 Å². The van der Waals surface area contributed by atoms with Gasteiger partial charge in [-0.05, 0) is 97.7 Å². The van der Waals surface area contributed by atoms with E-state index in [0.717, 1.165) is 45.3 Å². The van der Waals surface area contributed by atoms with Crippen LogP contribution in [0.1, 0.15) is 0 Å². The van der Waals surface area contributed by atoms with Crippen molar-refractivity contribution in [2.45, 2.75) is 0 Å². The summed E-state index contributed by atoms with van der Waals surface area (Å²) < 4.78 is 4.54. The number of aromatic nitrogens is 4. The van der Waals surface area contributed by atoms with Gasteiger partial charge < -0.3 is 4.57 Å². The van der Waals surface area contributed by atoms with Crippen LogP contribution in [0.2, 0.25) is 0 Å².